The highest BCUT2D eigenvalue weighted by Gasteiger charge is 2.11. The Morgan fingerprint density at radius 1 is 0.906 bits per heavy atom. The summed E-state index contributed by atoms with van der Waals surface area (Å²) >= 11 is 0. The van der Waals surface area contributed by atoms with Crippen molar-refractivity contribution >= 4 is 11.5 Å². The fraction of sp³-hybridized carbons (Fsp3) is 0.500. The average molecular weight is 441 g/mol. The van der Waals surface area contributed by atoms with E-state index in [2.05, 4.69) is 23.8 Å². The zero-order valence-corrected chi connectivity index (χ0v) is 19.4. The molecule has 0 amide bonds. The van der Waals surface area contributed by atoms with Crippen LogP contribution in [0.3, 0.4) is 0 Å². The molecule has 0 spiro atoms. The number of ether oxygens (including phenoxy) is 2. The molecule has 0 atom stereocenters. The van der Waals surface area contributed by atoms with E-state index in [-0.39, 0.29) is 0 Å². The quantitative estimate of drug-likeness (QED) is 0.248. The lowest BCUT2D eigenvalue weighted by Crippen LogP contribution is -2.02. The molecule has 2 rings (SSSR count). The van der Waals surface area contributed by atoms with Crippen LogP contribution < -0.4 is 4.74 Å². The second-order valence-electron chi connectivity index (χ2n) is 7.76. The molecule has 32 heavy (non-hydrogen) atoms. The Morgan fingerprint density at radius 2 is 1.53 bits per heavy atom. The predicted molar refractivity (Wildman–Crippen MR) is 128 cm³/mol. The van der Waals surface area contributed by atoms with Crippen molar-refractivity contribution < 1.29 is 19.4 Å². The number of aromatic nitrogens is 2. The number of hydrogen-bond donors (Lipinski definition) is 1. The zero-order valence-electron chi connectivity index (χ0n) is 19.4. The highest BCUT2D eigenvalue weighted by molar-refractivity contribution is 6.15. The van der Waals surface area contributed by atoms with Crippen LogP contribution in [-0.2, 0) is 9.53 Å². The molecule has 0 aliphatic carbocycles. The predicted octanol–water partition coefficient (Wildman–Crippen LogP) is 6.17. The maximum absolute atomic E-state index is 11.6. The Morgan fingerprint density at radius 3 is 2.16 bits per heavy atom. The van der Waals surface area contributed by atoms with E-state index in [1.165, 1.54) is 12.8 Å². The number of carbonyl (C=O) groups is 1. The van der Waals surface area contributed by atoms with E-state index in [1.807, 2.05) is 12.1 Å². The molecule has 174 valence electrons. The Labute approximate surface area is 191 Å². The maximum atomic E-state index is 11.6. The average Bonchev–Trinajstić information content (AvgIpc) is 2.81. The highest BCUT2D eigenvalue weighted by Crippen LogP contribution is 2.22. The molecule has 0 unspecified atom stereocenters. The lowest BCUT2D eigenvalue weighted by atomic mass is 10.0. The van der Waals surface area contributed by atoms with Crippen molar-refractivity contribution in [2.24, 2.45) is 0 Å². The Hall–Kier alpha value is -2.73. The molecule has 1 aromatic heterocycles. The molecule has 0 saturated carbocycles. The molecule has 0 bridgehead atoms. The smallest absolute Gasteiger partial charge is 0.335 e. The second kappa shape index (κ2) is 15.1. The summed E-state index contributed by atoms with van der Waals surface area (Å²) in [5.74, 6) is 0.312. The van der Waals surface area contributed by atoms with Crippen molar-refractivity contribution in [3.05, 3.63) is 48.3 Å². The van der Waals surface area contributed by atoms with Gasteiger partial charge >= 0.3 is 5.97 Å². The molecule has 0 aliphatic rings. The topological polar surface area (TPSA) is 81.5 Å². The van der Waals surface area contributed by atoms with E-state index in [4.69, 9.17) is 9.47 Å². The van der Waals surface area contributed by atoms with Gasteiger partial charge in [-0.05, 0) is 31.2 Å². The molecule has 1 N–H and O–H groups in total. The first-order chi connectivity index (χ1) is 15.7. The number of nitrogens with zero attached hydrogens (tertiary/aromatic N) is 2. The van der Waals surface area contributed by atoms with Crippen LogP contribution in [0, 0.1) is 0 Å². The van der Waals surface area contributed by atoms with Gasteiger partial charge in [0.1, 0.15) is 0 Å². The van der Waals surface area contributed by atoms with Gasteiger partial charge < -0.3 is 14.6 Å². The molecule has 0 saturated heterocycles. The van der Waals surface area contributed by atoms with E-state index in [1.54, 1.807) is 30.6 Å². The number of benzene rings is 1. The van der Waals surface area contributed by atoms with Crippen LogP contribution in [-0.4, -0.2) is 40.9 Å². The van der Waals surface area contributed by atoms with Crippen LogP contribution in [0.5, 0.6) is 5.75 Å². The van der Waals surface area contributed by atoms with Gasteiger partial charge in [0.2, 0.25) is 0 Å². The number of rotatable bonds is 16. The van der Waals surface area contributed by atoms with Gasteiger partial charge in [0.05, 0.1) is 24.6 Å². The molecule has 0 aliphatic heterocycles. The lowest BCUT2D eigenvalue weighted by molar-refractivity contribution is -0.130. The molecule has 1 heterocycles. The third-order valence-electron chi connectivity index (χ3n) is 5.06. The van der Waals surface area contributed by atoms with Crippen LogP contribution in [0.1, 0.15) is 70.8 Å². The normalized spacial score (nSPS) is 11.5. The fourth-order valence-corrected chi connectivity index (χ4v) is 3.17. The summed E-state index contributed by atoms with van der Waals surface area (Å²) in [6.45, 7) is 6.50. The maximum Gasteiger partial charge on any atom is 0.335 e. The summed E-state index contributed by atoms with van der Waals surface area (Å²) in [6.07, 6.45) is 13.4. The van der Waals surface area contributed by atoms with Crippen LogP contribution in [0.25, 0.3) is 17.0 Å². The molecule has 6 heteroatoms. The first-order valence-corrected chi connectivity index (χ1v) is 11.7. The van der Waals surface area contributed by atoms with E-state index >= 15 is 0 Å². The van der Waals surface area contributed by atoms with Crippen molar-refractivity contribution in [1.29, 1.82) is 0 Å². The molecule has 1 aromatic carbocycles. The molecule has 0 radical (unpaired) electrons. The Balaban J connectivity index is 1.81. The fourth-order valence-electron chi connectivity index (χ4n) is 3.17. The van der Waals surface area contributed by atoms with Gasteiger partial charge in [-0.25, -0.2) is 14.8 Å². The van der Waals surface area contributed by atoms with Crippen LogP contribution in [0.15, 0.2) is 42.7 Å². The molecule has 6 nitrogen and oxygen atoms in total. The van der Waals surface area contributed by atoms with Gasteiger partial charge in [0.15, 0.2) is 11.6 Å². The molecular weight excluding hydrogens is 404 g/mol. The van der Waals surface area contributed by atoms with Crippen LogP contribution in [0.4, 0.5) is 0 Å². The number of allylic oxidation sites excluding steroid dienone is 1. The molecule has 0 fully saturated rings. The van der Waals surface area contributed by atoms with E-state index < -0.39 is 5.97 Å². The SMILES string of the molecule is CCCCC=C(C(=O)O)c1ccc(-c2ncc(OCCCCOCCCCC)cn2)cc1. The number of unbranched alkanes of at least 4 members (excludes halogenated alkanes) is 5. The van der Waals surface area contributed by atoms with E-state index in [0.29, 0.717) is 29.3 Å². The summed E-state index contributed by atoms with van der Waals surface area (Å²) in [5.41, 5.74) is 1.85. The van der Waals surface area contributed by atoms with Crippen molar-refractivity contribution in [3.63, 3.8) is 0 Å². The third-order valence-corrected chi connectivity index (χ3v) is 5.06. The first-order valence-electron chi connectivity index (χ1n) is 11.7. The zero-order chi connectivity index (χ0) is 23.0. The minimum atomic E-state index is -0.908. The largest absolute Gasteiger partial charge is 0.490 e. The van der Waals surface area contributed by atoms with Crippen molar-refractivity contribution in [3.8, 4) is 17.1 Å². The molecule has 2 aromatic rings. The van der Waals surface area contributed by atoms with E-state index in [0.717, 1.165) is 57.3 Å². The number of carboxylic acids is 1. The number of hydrogen-bond acceptors (Lipinski definition) is 5. The summed E-state index contributed by atoms with van der Waals surface area (Å²) in [7, 11) is 0. The Kier molecular flexibility index (Phi) is 12.1. The number of carboxylic acid groups (broad SMARTS) is 1. The van der Waals surface area contributed by atoms with Crippen LogP contribution in [0.2, 0.25) is 0 Å². The van der Waals surface area contributed by atoms with Crippen molar-refractivity contribution in [2.45, 2.75) is 65.2 Å². The van der Waals surface area contributed by atoms with Gasteiger partial charge in [-0.15, -0.1) is 0 Å². The Bertz CT molecular complexity index is 817. The summed E-state index contributed by atoms with van der Waals surface area (Å²) < 4.78 is 11.3. The summed E-state index contributed by atoms with van der Waals surface area (Å²) in [4.78, 5) is 20.3. The van der Waals surface area contributed by atoms with Gasteiger partial charge in [-0.1, -0.05) is 69.9 Å². The van der Waals surface area contributed by atoms with Gasteiger partial charge in [-0.2, -0.15) is 0 Å². The first kappa shape index (κ1) is 25.5. The molecular formula is C26H36N2O4. The monoisotopic (exact) mass is 440 g/mol. The van der Waals surface area contributed by atoms with Gasteiger partial charge in [0.25, 0.3) is 0 Å². The summed E-state index contributed by atoms with van der Waals surface area (Å²) in [5, 5.41) is 9.49. The third kappa shape index (κ3) is 9.18. The van der Waals surface area contributed by atoms with Crippen LogP contribution >= 0.6 is 0 Å². The second-order valence-corrected chi connectivity index (χ2v) is 7.76. The standard InChI is InChI=1S/C26H36N2O4/c1-3-5-7-11-24(26(29)30)21-12-14-22(15-13-21)25-27-19-23(20-28-25)32-18-10-9-17-31-16-8-6-4-2/h11-15,19-20H,3-10,16-18H2,1-2H3,(H,29,30). The van der Waals surface area contributed by atoms with Gasteiger partial charge in [0, 0.05) is 18.8 Å². The van der Waals surface area contributed by atoms with Crippen molar-refractivity contribution in [2.75, 3.05) is 19.8 Å². The van der Waals surface area contributed by atoms with Gasteiger partial charge in [-0.3, -0.25) is 0 Å². The van der Waals surface area contributed by atoms with Crippen molar-refractivity contribution in [1.82, 2.24) is 9.97 Å². The minimum absolute atomic E-state index is 0.334. The highest BCUT2D eigenvalue weighted by atomic mass is 16.5. The minimum Gasteiger partial charge on any atom is -0.490 e. The number of aliphatic carboxylic acids is 1. The van der Waals surface area contributed by atoms with E-state index in [9.17, 15) is 9.90 Å². The lowest BCUT2D eigenvalue weighted by Gasteiger charge is -2.08. The summed E-state index contributed by atoms with van der Waals surface area (Å²) in [6, 6.07) is 7.31.